The molecular formula is C24H23NO4. The molecule has 0 fully saturated rings. The predicted octanol–water partition coefficient (Wildman–Crippen LogP) is 4.18. The van der Waals surface area contributed by atoms with Crippen LogP contribution < -0.4 is 0 Å². The van der Waals surface area contributed by atoms with E-state index in [2.05, 4.69) is 0 Å². The molecule has 5 nitrogen and oxygen atoms in total. The van der Waals surface area contributed by atoms with E-state index in [-0.39, 0.29) is 18.3 Å². The minimum atomic E-state index is -0.542. The SMILES string of the molecule is Cc1ccc(CN(C)C(=O)COC(=O)c2ccc(-c3ccc(O)cc3)cc2)cc1. The van der Waals surface area contributed by atoms with Crippen LogP contribution in [0.4, 0.5) is 0 Å². The van der Waals surface area contributed by atoms with Crippen LogP contribution >= 0.6 is 0 Å². The van der Waals surface area contributed by atoms with Gasteiger partial charge in [0.25, 0.3) is 5.91 Å². The van der Waals surface area contributed by atoms with Gasteiger partial charge in [0.1, 0.15) is 5.75 Å². The van der Waals surface area contributed by atoms with Crippen molar-refractivity contribution in [2.75, 3.05) is 13.7 Å². The molecule has 0 radical (unpaired) electrons. The number of rotatable bonds is 6. The third kappa shape index (κ3) is 5.45. The third-order valence-electron chi connectivity index (χ3n) is 4.61. The lowest BCUT2D eigenvalue weighted by molar-refractivity contribution is -0.133. The molecule has 0 heterocycles. The molecule has 0 saturated heterocycles. The first-order chi connectivity index (χ1) is 13.9. The Bertz CT molecular complexity index is 977. The summed E-state index contributed by atoms with van der Waals surface area (Å²) in [4.78, 5) is 26.0. The van der Waals surface area contributed by atoms with Gasteiger partial charge in [-0.05, 0) is 47.9 Å². The van der Waals surface area contributed by atoms with Crippen molar-refractivity contribution < 1.29 is 19.4 Å². The fraction of sp³-hybridized carbons (Fsp3) is 0.167. The minimum Gasteiger partial charge on any atom is -0.508 e. The molecule has 0 aliphatic heterocycles. The molecule has 0 aliphatic rings. The number of phenolic OH excluding ortho intramolecular Hbond substituents is 1. The quantitative estimate of drug-likeness (QED) is 0.642. The zero-order valence-corrected chi connectivity index (χ0v) is 16.5. The van der Waals surface area contributed by atoms with E-state index in [9.17, 15) is 14.7 Å². The first-order valence-electron chi connectivity index (χ1n) is 9.28. The van der Waals surface area contributed by atoms with E-state index < -0.39 is 5.97 Å². The molecule has 3 rings (SSSR count). The van der Waals surface area contributed by atoms with Crippen LogP contribution in [0.1, 0.15) is 21.5 Å². The molecule has 3 aromatic rings. The van der Waals surface area contributed by atoms with Crippen LogP contribution in [0.2, 0.25) is 0 Å². The Morgan fingerprint density at radius 3 is 2.00 bits per heavy atom. The maximum Gasteiger partial charge on any atom is 0.338 e. The summed E-state index contributed by atoms with van der Waals surface area (Å²) < 4.78 is 5.17. The van der Waals surface area contributed by atoms with Crippen molar-refractivity contribution in [1.82, 2.24) is 4.90 Å². The average molecular weight is 389 g/mol. The molecule has 0 unspecified atom stereocenters. The Labute approximate surface area is 170 Å². The Balaban J connectivity index is 1.53. The number of ether oxygens (including phenoxy) is 1. The molecule has 5 heteroatoms. The third-order valence-corrected chi connectivity index (χ3v) is 4.61. The molecule has 148 valence electrons. The maximum absolute atomic E-state index is 12.2. The van der Waals surface area contributed by atoms with Crippen molar-refractivity contribution in [2.24, 2.45) is 0 Å². The summed E-state index contributed by atoms with van der Waals surface area (Å²) in [7, 11) is 1.68. The second kappa shape index (κ2) is 9.06. The summed E-state index contributed by atoms with van der Waals surface area (Å²) in [5, 5.41) is 9.36. The molecule has 0 atom stereocenters. The number of likely N-dealkylation sites (N-methyl/N-ethyl adjacent to an activating group) is 1. The average Bonchev–Trinajstić information content (AvgIpc) is 2.74. The van der Waals surface area contributed by atoms with E-state index in [4.69, 9.17) is 4.74 Å². The zero-order valence-electron chi connectivity index (χ0n) is 16.5. The van der Waals surface area contributed by atoms with Crippen LogP contribution in [0.25, 0.3) is 11.1 Å². The van der Waals surface area contributed by atoms with Gasteiger partial charge in [0, 0.05) is 13.6 Å². The topological polar surface area (TPSA) is 66.8 Å². The lowest BCUT2D eigenvalue weighted by Crippen LogP contribution is -2.30. The van der Waals surface area contributed by atoms with E-state index in [1.165, 1.54) is 4.90 Å². The highest BCUT2D eigenvalue weighted by molar-refractivity contribution is 5.91. The fourth-order valence-electron chi connectivity index (χ4n) is 2.83. The summed E-state index contributed by atoms with van der Waals surface area (Å²) in [5.74, 6) is -0.607. The number of aryl methyl sites for hydroxylation is 1. The molecule has 29 heavy (non-hydrogen) atoms. The van der Waals surface area contributed by atoms with Gasteiger partial charge in [-0.1, -0.05) is 54.1 Å². The van der Waals surface area contributed by atoms with Gasteiger partial charge in [-0.15, -0.1) is 0 Å². The Morgan fingerprint density at radius 2 is 1.41 bits per heavy atom. The van der Waals surface area contributed by atoms with Gasteiger partial charge in [0.05, 0.1) is 5.56 Å². The molecule has 1 N–H and O–H groups in total. The van der Waals surface area contributed by atoms with Crippen LogP contribution in [-0.2, 0) is 16.1 Å². The largest absolute Gasteiger partial charge is 0.508 e. The van der Waals surface area contributed by atoms with Gasteiger partial charge < -0.3 is 14.7 Å². The number of amides is 1. The van der Waals surface area contributed by atoms with Crippen molar-refractivity contribution >= 4 is 11.9 Å². The van der Waals surface area contributed by atoms with Crippen LogP contribution in [0.15, 0.2) is 72.8 Å². The number of phenols is 1. The Hall–Kier alpha value is -3.60. The zero-order chi connectivity index (χ0) is 20.8. The number of hydrogen-bond acceptors (Lipinski definition) is 4. The van der Waals surface area contributed by atoms with Gasteiger partial charge in [0.15, 0.2) is 6.61 Å². The molecule has 1 amide bonds. The summed E-state index contributed by atoms with van der Waals surface area (Å²) >= 11 is 0. The van der Waals surface area contributed by atoms with Gasteiger partial charge in [0.2, 0.25) is 0 Å². The predicted molar refractivity (Wildman–Crippen MR) is 111 cm³/mol. The molecule has 0 aliphatic carbocycles. The van der Waals surface area contributed by atoms with E-state index >= 15 is 0 Å². The van der Waals surface area contributed by atoms with E-state index in [1.807, 2.05) is 31.2 Å². The highest BCUT2D eigenvalue weighted by Crippen LogP contribution is 2.22. The van der Waals surface area contributed by atoms with Crippen molar-refractivity contribution in [3.63, 3.8) is 0 Å². The molecular weight excluding hydrogens is 366 g/mol. The minimum absolute atomic E-state index is 0.200. The molecule has 0 saturated carbocycles. The number of carbonyl (C=O) groups is 2. The van der Waals surface area contributed by atoms with Crippen molar-refractivity contribution in [3.8, 4) is 16.9 Å². The lowest BCUT2D eigenvalue weighted by Gasteiger charge is -2.17. The van der Waals surface area contributed by atoms with Gasteiger partial charge in [-0.3, -0.25) is 4.79 Å². The molecule has 0 bridgehead atoms. The monoisotopic (exact) mass is 389 g/mol. The molecule has 3 aromatic carbocycles. The number of nitrogens with zero attached hydrogens (tertiary/aromatic N) is 1. The number of hydrogen-bond donors (Lipinski definition) is 1. The summed E-state index contributed by atoms with van der Waals surface area (Å²) in [5.41, 5.74) is 4.39. The van der Waals surface area contributed by atoms with Crippen molar-refractivity contribution in [2.45, 2.75) is 13.5 Å². The lowest BCUT2D eigenvalue weighted by atomic mass is 10.0. The number of benzene rings is 3. The Kier molecular flexibility index (Phi) is 6.29. The fourth-order valence-corrected chi connectivity index (χ4v) is 2.83. The standard InChI is InChI=1S/C24H23NO4/c1-17-3-5-18(6-4-17)15-25(2)23(27)16-29-24(28)21-9-7-19(8-10-21)20-11-13-22(26)14-12-20/h3-14,26H,15-16H2,1-2H3. The van der Waals surface area contributed by atoms with Crippen LogP contribution in [-0.4, -0.2) is 35.5 Å². The van der Waals surface area contributed by atoms with Crippen molar-refractivity contribution in [3.05, 3.63) is 89.5 Å². The number of carbonyl (C=O) groups excluding carboxylic acids is 2. The van der Waals surface area contributed by atoms with E-state index in [0.717, 1.165) is 22.3 Å². The Morgan fingerprint density at radius 1 is 0.862 bits per heavy atom. The van der Waals surface area contributed by atoms with Gasteiger partial charge >= 0.3 is 5.97 Å². The summed E-state index contributed by atoms with van der Waals surface area (Å²) in [6, 6.07) is 21.7. The highest BCUT2D eigenvalue weighted by Gasteiger charge is 2.14. The van der Waals surface area contributed by atoms with Crippen LogP contribution in [0, 0.1) is 6.92 Å². The number of aromatic hydroxyl groups is 1. The smallest absolute Gasteiger partial charge is 0.338 e. The normalized spacial score (nSPS) is 10.4. The van der Waals surface area contributed by atoms with Gasteiger partial charge in [-0.2, -0.15) is 0 Å². The molecule has 0 aromatic heterocycles. The molecule has 0 spiro atoms. The summed E-state index contributed by atoms with van der Waals surface area (Å²) in [6.07, 6.45) is 0. The van der Waals surface area contributed by atoms with E-state index in [0.29, 0.717) is 12.1 Å². The van der Waals surface area contributed by atoms with Crippen LogP contribution in [0.3, 0.4) is 0 Å². The second-order valence-electron chi connectivity index (χ2n) is 6.94. The van der Waals surface area contributed by atoms with Crippen molar-refractivity contribution in [1.29, 1.82) is 0 Å². The van der Waals surface area contributed by atoms with E-state index in [1.54, 1.807) is 55.6 Å². The maximum atomic E-state index is 12.2. The first-order valence-corrected chi connectivity index (χ1v) is 9.28. The van der Waals surface area contributed by atoms with Crippen LogP contribution in [0.5, 0.6) is 5.75 Å². The first kappa shape index (κ1) is 20.1. The second-order valence-corrected chi connectivity index (χ2v) is 6.94. The van der Waals surface area contributed by atoms with Gasteiger partial charge in [-0.25, -0.2) is 4.79 Å². The number of esters is 1. The summed E-state index contributed by atoms with van der Waals surface area (Å²) in [6.45, 7) is 2.16. The highest BCUT2D eigenvalue weighted by atomic mass is 16.5.